The Morgan fingerprint density at radius 3 is 2.84 bits per heavy atom. The summed E-state index contributed by atoms with van der Waals surface area (Å²) >= 11 is 1.53. The van der Waals surface area contributed by atoms with Crippen LogP contribution in [0.2, 0.25) is 0 Å². The Morgan fingerprint density at radius 2 is 2.20 bits per heavy atom. The highest BCUT2D eigenvalue weighted by Crippen LogP contribution is 2.33. The topological polar surface area (TPSA) is 83.8 Å². The lowest BCUT2D eigenvalue weighted by molar-refractivity contribution is -0.138. The summed E-state index contributed by atoms with van der Waals surface area (Å²) in [7, 11) is 0. The number of carbonyl (C=O) groups excluding carboxylic acids is 1. The number of phenols is 1. The van der Waals surface area contributed by atoms with Gasteiger partial charge in [0.05, 0.1) is 17.2 Å². The quantitative estimate of drug-likeness (QED) is 0.822. The van der Waals surface area contributed by atoms with Gasteiger partial charge in [-0.2, -0.15) is 0 Å². The molecule has 25 heavy (non-hydrogen) atoms. The summed E-state index contributed by atoms with van der Waals surface area (Å²) in [4.78, 5) is 21.6. The van der Waals surface area contributed by atoms with Gasteiger partial charge >= 0.3 is 5.97 Å². The predicted octanol–water partition coefficient (Wildman–Crippen LogP) is 3.09. The van der Waals surface area contributed by atoms with Crippen molar-refractivity contribution in [3.8, 4) is 5.75 Å². The van der Waals surface area contributed by atoms with E-state index in [1.54, 1.807) is 25.1 Å². The number of esters is 1. The molecule has 2 N–H and O–H groups in total. The van der Waals surface area contributed by atoms with Gasteiger partial charge in [0.2, 0.25) is 0 Å². The molecule has 2 aromatic rings. The van der Waals surface area contributed by atoms with Crippen molar-refractivity contribution in [1.29, 1.82) is 0 Å². The van der Waals surface area contributed by atoms with Crippen LogP contribution in [0, 0.1) is 6.92 Å². The van der Waals surface area contributed by atoms with E-state index in [1.165, 1.54) is 11.3 Å². The lowest BCUT2D eigenvalue weighted by Crippen LogP contribution is -2.33. The van der Waals surface area contributed by atoms with Crippen LogP contribution < -0.4 is 5.32 Å². The third kappa shape index (κ3) is 3.56. The van der Waals surface area contributed by atoms with Crippen LogP contribution in [-0.4, -0.2) is 28.5 Å². The maximum Gasteiger partial charge on any atom is 0.338 e. The second kappa shape index (κ2) is 7.06. The summed E-state index contributed by atoms with van der Waals surface area (Å²) in [6.45, 7) is 5.79. The zero-order valence-electron chi connectivity index (χ0n) is 14.2. The van der Waals surface area contributed by atoms with Crippen molar-refractivity contribution < 1.29 is 14.6 Å². The Kier molecular flexibility index (Phi) is 4.85. The minimum absolute atomic E-state index is 0.123. The van der Waals surface area contributed by atoms with Gasteiger partial charge in [-0.05, 0) is 38.5 Å². The van der Waals surface area contributed by atoms with Gasteiger partial charge in [-0.25, -0.2) is 9.78 Å². The van der Waals surface area contributed by atoms with Crippen molar-refractivity contribution in [1.82, 2.24) is 10.3 Å². The molecule has 7 heteroatoms. The number of thiazole rings is 1. The third-order valence-corrected chi connectivity index (χ3v) is 4.56. The molecule has 0 fully saturated rings. The van der Waals surface area contributed by atoms with E-state index < -0.39 is 12.0 Å². The first kappa shape index (κ1) is 17.2. The summed E-state index contributed by atoms with van der Waals surface area (Å²) in [5.41, 5.74) is 2.55. The Hall–Kier alpha value is -2.67. The zero-order valence-corrected chi connectivity index (χ0v) is 15.1. The Bertz CT molecular complexity index is 870. The van der Waals surface area contributed by atoms with Gasteiger partial charge in [0.15, 0.2) is 5.84 Å². The van der Waals surface area contributed by atoms with Crippen LogP contribution in [0.4, 0.5) is 0 Å². The molecule has 0 saturated carbocycles. The van der Waals surface area contributed by atoms with E-state index in [0.29, 0.717) is 22.7 Å². The smallest absolute Gasteiger partial charge is 0.338 e. The first-order valence-electron chi connectivity index (χ1n) is 7.93. The molecule has 0 spiro atoms. The zero-order chi connectivity index (χ0) is 18.0. The molecular weight excluding hydrogens is 338 g/mol. The molecule has 0 amide bonds. The number of nitrogens with one attached hydrogen (secondary N) is 1. The fourth-order valence-corrected chi connectivity index (χ4v) is 3.29. The molecule has 1 aliphatic rings. The van der Waals surface area contributed by atoms with Gasteiger partial charge in [-0.1, -0.05) is 12.1 Å². The van der Waals surface area contributed by atoms with Crippen LogP contribution >= 0.6 is 11.3 Å². The number of allylic oxidation sites excluding steroid dienone is 1. The fourth-order valence-electron chi connectivity index (χ4n) is 2.69. The number of carbonyl (C=O) groups is 1. The Morgan fingerprint density at radius 1 is 1.40 bits per heavy atom. The van der Waals surface area contributed by atoms with E-state index in [2.05, 4.69) is 10.3 Å². The van der Waals surface area contributed by atoms with E-state index in [0.717, 1.165) is 10.7 Å². The first-order chi connectivity index (χ1) is 12.0. The molecule has 130 valence electrons. The SMILES string of the molecule is CCOC(=O)C1=C(C)NC(c2csc(C)n2)=N[C@H]1c1cccc(O)c1. The van der Waals surface area contributed by atoms with Crippen LogP contribution in [-0.2, 0) is 9.53 Å². The summed E-state index contributed by atoms with van der Waals surface area (Å²) in [5.74, 6) is 0.305. The van der Waals surface area contributed by atoms with Gasteiger partial charge < -0.3 is 15.2 Å². The maximum atomic E-state index is 12.5. The summed E-state index contributed by atoms with van der Waals surface area (Å²) in [6.07, 6.45) is 0. The van der Waals surface area contributed by atoms with Gasteiger partial charge in [0.25, 0.3) is 0 Å². The van der Waals surface area contributed by atoms with Crippen LogP contribution in [0.5, 0.6) is 5.75 Å². The number of aromatic hydroxyl groups is 1. The number of amidine groups is 1. The lowest BCUT2D eigenvalue weighted by atomic mass is 9.95. The van der Waals surface area contributed by atoms with Crippen molar-refractivity contribution in [2.45, 2.75) is 26.8 Å². The molecule has 0 radical (unpaired) electrons. The van der Waals surface area contributed by atoms with Gasteiger partial charge in [0.1, 0.15) is 17.5 Å². The van der Waals surface area contributed by atoms with Crippen molar-refractivity contribution in [3.63, 3.8) is 0 Å². The largest absolute Gasteiger partial charge is 0.508 e. The molecule has 6 nitrogen and oxygen atoms in total. The van der Waals surface area contributed by atoms with Gasteiger partial charge in [0, 0.05) is 11.1 Å². The van der Waals surface area contributed by atoms with E-state index in [1.807, 2.05) is 25.3 Å². The molecule has 0 saturated heterocycles. The first-order valence-corrected chi connectivity index (χ1v) is 8.81. The van der Waals surface area contributed by atoms with E-state index in [9.17, 15) is 9.90 Å². The molecule has 0 unspecified atom stereocenters. The molecule has 1 atom stereocenters. The highest BCUT2D eigenvalue weighted by Gasteiger charge is 2.31. The third-order valence-electron chi connectivity index (χ3n) is 3.78. The normalized spacial score (nSPS) is 17.1. The summed E-state index contributed by atoms with van der Waals surface area (Å²) in [6, 6.07) is 6.18. The van der Waals surface area contributed by atoms with Crippen molar-refractivity contribution >= 4 is 23.1 Å². The number of rotatable bonds is 4. The van der Waals surface area contributed by atoms with E-state index in [4.69, 9.17) is 9.73 Å². The molecule has 0 aliphatic carbocycles. The van der Waals surface area contributed by atoms with Crippen molar-refractivity contribution in [3.05, 3.63) is 57.2 Å². The predicted molar refractivity (Wildman–Crippen MR) is 96.7 cm³/mol. The van der Waals surface area contributed by atoms with Crippen LogP contribution in [0.25, 0.3) is 0 Å². The minimum Gasteiger partial charge on any atom is -0.508 e. The van der Waals surface area contributed by atoms with Crippen molar-refractivity contribution in [2.24, 2.45) is 4.99 Å². The van der Waals surface area contributed by atoms with Crippen LogP contribution in [0.15, 0.2) is 45.9 Å². The second-order valence-electron chi connectivity index (χ2n) is 5.61. The molecule has 3 rings (SSSR count). The highest BCUT2D eigenvalue weighted by atomic mass is 32.1. The van der Waals surface area contributed by atoms with Gasteiger partial charge in [-0.15, -0.1) is 11.3 Å². The number of phenolic OH excluding ortho intramolecular Hbond substituents is 1. The summed E-state index contributed by atoms with van der Waals surface area (Å²) < 4.78 is 5.20. The monoisotopic (exact) mass is 357 g/mol. The van der Waals surface area contributed by atoms with E-state index >= 15 is 0 Å². The molecule has 0 bridgehead atoms. The standard InChI is InChI=1S/C18H19N3O3S/c1-4-24-18(23)15-10(2)19-17(14-9-25-11(3)20-14)21-16(15)12-6-5-7-13(22)8-12/h5-9,16,22H,4H2,1-3H3,(H,19,21)/t16-/m0/s1. The molecule has 1 aliphatic heterocycles. The van der Waals surface area contributed by atoms with Crippen LogP contribution in [0.1, 0.15) is 36.2 Å². The number of hydrogen-bond donors (Lipinski definition) is 2. The minimum atomic E-state index is -0.565. The number of aromatic nitrogens is 1. The van der Waals surface area contributed by atoms with Gasteiger partial charge in [-0.3, -0.25) is 4.99 Å². The number of hydrogen-bond acceptors (Lipinski definition) is 7. The number of nitrogens with zero attached hydrogens (tertiary/aromatic N) is 2. The Balaban J connectivity index is 2.08. The number of ether oxygens (including phenoxy) is 1. The Labute approximate surface area is 149 Å². The number of aryl methyl sites for hydroxylation is 1. The fraction of sp³-hybridized carbons (Fsp3) is 0.278. The molecule has 1 aromatic carbocycles. The summed E-state index contributed by atoms with van der Waals surface area (Å²) in [5, 5.41) is 15.8. The van der Waals surface area contributed by atoms with E-state index in [-0.39, 0.29) is 12.4 Å². The molecular formula is C18H19N3O3S. The average molecular weight is 357 g/mol. The molecule has 1 aromatic heterocycles. The molecule has 2 heterocycles. The maximum absolute atomic E-state index is 12.5. The average Bonchev–Trinajstić information content (AvgIpc) is 3.00. The lowest BCUT2D eigenvalue weighted by Gasteiger charge is -2.25. The van der Waals surface area contributed by atoms with Crippen LogP contribution in [0.3, 0.4) is 0 Å². The highest BCUT2D eigenvalue weighted by molar-refractivity contribution is 7.09. The number of benzene rings is 1. The van der Waals surface area contributed by atoms with Crippen molar-refractivity contribution in [2.75, 3.05) is 6.61 Å². The number of aliphatic imine (C=N–C) groups is 1. The second-order valence-corrected chi connectivity index (χ2v) is 6.67.